The van der Waals surface area contributed by atoms with E-state index in [1.807, 2.05) is 4.90 Å². The van der Waals surface area contributed by atoms with Gasteiger partial charge in [0.25, 0.3) is 0 Å². The van der Waals surface area contributed by atoms with Gasteiger partial charge in [-0.1, -0.05) is 11.6 Å². The van der Waals surface area contributed by atoms with Crippen molar-refractivity contribution < 1.29 is 19.1 Å². The molecule has 1 unspecified atom stereocenters. The highest BCUT2D eigenvalue weighted by Crippen LogP contribution is 2.43. The molecular formula is C15H14ClN3O4. The van der Waals surface area contributed by atoms with Crippen LogP contribution in [0.15, 0.2) is 30.5 Å². The highest BCUT2D eigenvalue weighted by Gasteiger charge is 2.62. The van der Waals surface area contributed by atoms with E-state index in [2.05, 4.69) is 10.3 Å². The van der Waals surface area contributed by atoms with Crippen molar-refractivity contribution in [3.8, 4) is 0 Å². The van der Waals surface area contributed by atoms with Gasteiger partial charge in [-0.25, -0.2) is 14.6 Å². The summed E-state index contributed by atoms with van der Waals surface area (Å²) in [6, 6.07) is 3.47. The Morgan fingerprint density at radius 2 is 2.13 bits per heavy atom. The van der Waals surface area contributed by atoms with E-state index in [0.29, 0.717) is 11.7 Å². The van der Waals surface area contributed by atoms with Crippen molar-refractivity contribution in [2.45, 2.75) is 18.4 Å². The van der Waals surface area contributed by atoms with Crippen molar-refractivity contribution in [2.75, 3.05) is 18.0 Å². The van der Waals surface area contributed by atoms with E-state index in [1.165, 1.54) is 0 Å². The molecule has 2 saturated heterocycles. The van der Waals surface area contributed by atoms with Crippen LogP contribution in [0, 0.1) is 5.92 Å². The van der Waals surface area contributed by atoms with Crippen molar-refractivity contribution in [1.29, 1.82) is 0 Å². The molecular weight excluding hydrogens is 322 g/mol. The molecule has 1 N–H and O–H groups in total. The second-order valence-corrected chi connectivity index (χ2v) is 6.12. The lowest BCUT2D eigenvalue weighted by Crippen LogP contribution is -2.79. The van der Waals surface area contributed by atoms with Crippen molar-refractivity contribution >= 4 is 29.2 Å². The van der Waals surface area contributed by atoms with Gasteiger partial charge in [-0.15, -0.1) is 0 Å². The van der Waals surface area contributed by atoms with Gasteiger partial charge in [-0.3, -0.25) is 5.32 Å². The third kappa shape index (κ3) is 2.27. The van der Waals surface area contributed by atoms with Gasteiger partial charge >= 0.3 is 11.9 Å². The first-order chi connectivity index (χ1) is 11.1. The number of nitrogens with zero attached hydrogens (tertiary/aromatic N) is 2. The van der Waals surface area contributed by atoms with Crippen LogP contribution in [0.5, 0.6) is 0 Å². The summed E-state index contributed by atoms with van der Waals surface area (Å²) < 4.78 is 11.2. The average molecular weight is 336 g/mol. The van der Waals surface area contributed by atoms with Gasteiger partial charge < -0.3 is 14.4 Å². The van der Waals surface area contributed by atoms with E-state index in [9.17, 15) is 9.59 Å². The number of nitrogens with one attached hydrogen (secondary N) is 1. The third-order valence-corrected chi connectivity index (χ3v) is 4.72. The smallest absolute Gasteiger partial charge is 0.333 e. The molecule has 3 aliphatic heterocycles. The summed E-state index contributed by atoms with van der Waals surface area (Å²) in [5.41, 5.74) is -0.269. The van der Waals surface area contributed by atoms with Crippen LogP contribution in [-0.2, 0) is 19.1 Å². The van der Waals surface area contributed by atoms with E-state index in [4.69, 9.17) is 21.1 Å². The fraction of sp³-hybridized carbons (Fsp3) is 0.400. The van der Waals surface area contributed by atoms with E-state index in [0.717, 1.165) is 30.8 Å². The number of hydrogen-bond donors (Lipinski definition) is 1. The maximum atomic E-state index is 11.9. The summed E-state index contributed by atoms with van der Waals surface area (Å²) in [5, 5.41) is 3.53. The monoisotopic (exact) mass is 335 g/mol. The van der Waals surface area contributed by atoms with Crippen LogP contribution in [0.2, 0.25) is 5.15 Å². The fourth-order valence-corrected chi connectivity index (χ4v) is 3.42. The highest BCUT2D eigenvalue weighted by atomic mass is 35.5. The number of esters is 2. The summed E-state index contributed by atoms with van der Waals surface area (Å²) in [6.07, 6.45) is 3.84. The van der Waals surface area contributed by atoms with Crippen LogP contribution in [0.25, 0.3) is 0 Å². The Balaban J connectivity index is 1.74. The van der Waals surface area contributed by atoms with Gasteiger partial charge in [0.15, 0.2) is 0 Å². The zero-order valence-corrected chi connectivity index (χ0v) is 12.8. The molecule has 3 atom stereocenters. The van der Waals surface area contributed by atoms with Crippen LogP contribution in [0.1, 0.15) is 6.42 Å². The number of piperidine rings is 1. The molecule has 4 heterocycles. The Morgan fingerprint density at radius 3 is 2.83 bits per heavy atom. The molecule has 2 fully saturated rings. The Labute approximate surface area is 137 Å². The molecule has 0 radical (unpaired) electrons. The molecule has 3 aliphatic rings. The second kappa shape index (κ2) is 5.21. The maximum Gasteiger partial charge on any atom is 0.333 e. The number of rotatable bonds is 1. The van der Waals surface area contributed by atoms with Gasteiger partial charge in [0.1, 0.15) is 5.15 Å². The molecule has 0 amide bonds. The van der Waals surface area contributed by atoms with Crippen LogP contribution < -0.4 is 10.2 Å². The molecule has 1 spiro atoms. The zero-order valence-electron chi connectivity index (χ0n) is 12.1. The van der Waals surface area contributed by atoms with Crippen molar-refractivity contribution in [3.63, 3.8) is 0 Å². The zero-order chi connectivity index (χ0) is 16.0. The average Bonchev–Trinajstić information content (AvgIpc) is 2.51. The Bertz CT molecular complexity index is 692. The number of pyridine rings is 1. The summed E-state index contributed by atoms with van der Waals surface area (Å²) >= 11 is 5.83. The highest BCUT2D eigenvalue weighted by molar-refractivity contribution is 6.29. The fourth-order valence-electron chi connectivity index (χ4n) is 3.31. The lowest BCUT2D eigenvalue weighted by Gasteiger charge is -2.58. The number of carbonyl (C=O) groups is 2. The van der Waals surface area contributed by atoms with Gasteiger partial charge in [0.05, 0.1) is 11.9 Å². The van der Waals surface area contributed by atoms with Crippen LogP contribution in [-0.4, -0.2) is 42.0 Å². The first-order valence-corrected chi connectivity index (χ1v) is 7.71. The molecule has 8 heteroatoms. The molecule has 0 aliphatic carbocycles. The lowest BCUT2D eigenvalue weighted by atomic mass is 9.79. The summed E-state index contributed by atoms with van der Waals surface area (Å²) in [6.45, 7) is 1.38. The van der Waals surface area contributed by atoms with Crippen molar-refractivity contribution in [1.82, 2.24) is 10.3 Å². The van der Waals surface area contributed by atoms with Gasteiger partial charge in [0, 0.05) is 31.2 Å². The van der Waals surface area contributed by atoms with Crippen LogP contribution in [0.3, 0.4) is 0 Å². The topological polar surface area (TPSA) is 80.8 Å². The molecule has 0 aromatic carbocycles. The van der Waals surface area contributed by atoms with E-state index in [1.54, 1.807) is 18.3 Å². The van der Waals surface area contributed by atoms with Crippen LogP contribution in [0.4, 0.5) is 5.69 Å². The van der Waals surface area contributed by atoms with Gasteiger partial charge in [0.2, 0.25) is 12.0 Å². The SMILES string of the molecule is O=C1/C=C/C(=O)O[C@]23NC[C@@H]2CCN(c2ccc(Cl)nc2)C3O1. The van der Waals surface area contributed by atoms with Gasteiger partial charge in [-0.2, -0.15) is 0 Å². The third-order valence-electron chi connectivity index (χ3n) is 4.50. The molecule has 0 bridgehead atoms. The van der Waals surface area contributed by atoms with Crippen molar-refractivity contribution in [3.05, 3.63) is 35.6 Å². The summed E-state index contributed by atoms with van der Waals surface area (Å²) in [4.78, 5) is 29.8. The quantitative estimate of drug-likeness (QED) is 0.601. The standard InChI is InChI=1S/C15H14ClN3O4/c16-11-2-1-10(8-17-11)19-6-5-9-7-18-15(9)14(19)22-12(20)3-4-13(21)23-15/h1-4,8-9,14,18H,5-7H2/b4-3+/t9-,14?,15+/m0/s1. The number of aromatic nitrogens is 1. The van der Waals surface area contributed by atoms with E-state index >= 15 is 0 Å². The Hall–Kier alpha value is -2.12. The predicted octanol–water partition coefficient (Wildman–Crippen LogP) is 0.843. The number of ether oxygens (including phenoxy) is 2. The first-order valence-electron chi connectivity index (χ1n) is 7.33. The summed E-state index contributed by atoms with van der Waals surface area (Å²) in [7, 11) is 0. The first kappa shape index (κ1) is 14.5. The van der Waals surface area contributed by atoms with Crippen molar-refractivity contribution in [2.24, 2.45) is 5.92 Å². The summed E-state index contributed by atoms with van der Waals surface area (Å²) in [5.74, 6) is -1.03. The minimum Gasteiger partial charge on any atom is -0.434 e. The molecule has 4 rings (SSSR count). The molecule has 120 valence electrons. The molecule has 7 nitrogen and oxygen atoms in total. The molecule has 1 aromatic rings. The number of halogens is 1. The van der Waals surface area contributed by atoms with Gasteiger partial charge in [-0.05, 0) is 18.6 Å². The Kier molecular flexibility index (Phi) is 3.28. The number of hydrogen-bond acceptors (Lipinski definition) is 7. The minimum atomic E-state index is -1.02. The minimum absolute atomic E-state index is 0.104. The maximum absolute atomic E-state index is 11.9. The van der Waals surface area contributed by atoms with Crippen LogP contribution >= 0.6 is 11.6 Å². The molecule has 23 heavy (non-hydrogen) atoms. The lowest BCUT2D eigenvalue weighted by molar-refractivity contribution is -0.233. The normalized spacial score (nSPS) is 34.0. The Morgan fingerprint density at radius 1 is 1.30 bits per heavy atom. The van der Waals surface area contributed by atoms with E-state index in [-0.39, 0.29) is 5.92 Å². The number of anilines is 1. The van der Waals surface area contributed by atoms with E-state index < -0.39 is 23.9 Å². The molecule has 0 saturated carbocycles. The number of carbonyl (C=O) groups excluding carboxylic acids is 2. The largest absolute Gasteiger partial charge is 0.434 e. The molecule has 1 aromatic heterocycles. The predicted molar refractivity (Wildman–Crippen MR) is 80.5 cm³/mol. The second-order valence-electron chi connectivity index (χ2n) is 5.74.